The molecule has 0 fully saturated rings. The van der Waals surface area contributed by atoms with Gasteiger partial charge in [-0.05, 0) is 56.0 Å². The van der Waals surface area contributed by atoms with Gasteiger partial charge in [-0.25, -0.2) is 18.7 Å². The molecule has 1 amide bonds. The van der Waals surface area contributed by atoms with Crippen LogP contribution < -0.4 is 26.0 Å². The Hall–Kier alpha value is -4.52. The van der Waals surface area contributed by atoms with Gasteiger partial charge < -0.3 is 25.2 Å². The minimum Gasteiger partial charge on any atom is -0.514 e. The average Bonchev–Trinajstić information content (AvgIpc) is 3.24. The number of benzene rings is 2. The molecule has 220 valence electrons. The minimum atomic E-state index is -2.05. The van der Waals surface area contributed by atoms with Crippen molar-refractivity contribution in [1.82, 2.24) is 24.0 Å². The first kappa shape index (κ1) is 30.9. The highest BCUT2D eigenvalue weighted by Gasteiger charge is 2.24. The van der Waals surface area contributed by atoms with Crippen LogP contribution in [-0.4, -0.2) is 93.0 Å². The monoisotopic (exact) mass is 590 g/mol. The molecule has 0 atom stereocenters. The standard InChI is InChI=1S/C29H30B3FN8O3/c1-5-25(42)35-19-15-20(23(44-29(30,31)32)16-21(19)39(4)12-11-38(2)3)36-27-34-9-8-24(37-27)41-22-14-18(33)13-17-7-6-10-40(26(17)22)28(41)43/h5,8-9,13-16H,1,6-7,10-12H2,2-4H3,(H,35,42)(H,34,36,37). The molecular formula is C29H30B3FN8O3. The molecule has 0 spiro atoms. The molecule has 44 heavy (non-hydrogen) atoms. The zero-order valence-corrected chi connectivity index (χ0v) is 24.8. The summed E-state index contributed by atoms with van der Waals surface area (Å²) in [6.07, 6.45) is 4.01. The molecule has 3 heterocycles. The van der Waals surface area contributed by atoms with Crippen molar-refractivity contribution in [2.24, 2.45) is 0 Å². The van der Waals surface area contributed by atoms with E-state index >= 15 is 0 Å². The fourth-order valence-electron chi connectivity index (χ4n) is 5.15. The Morgan fingerprint density at radius 3 is 2.66 bits per heavy atom. The van der Waals surface area contributed by atoms with Gasteiger partial charge in [0.15, 0.2) is 0 Å². The number of anilines is 4. The largest absolute Gasteiger partial charge is 0.514 e. The highest BCUT2D eigenvalue weighted by Crippen LogP contribution is 2.39. The number of aromatic nitrogens is 4. The molecule has 11 nitrogen and oxygen atoms in total. The first-order chi connectivity index (χ1) is 20.8. The third-order valence-electron chi connectivity index (χ3n) is 7.13. The summed E-state index contributed by atoms with van der Waals surface area (Å²) in [7, 11) is 23.2. The van der Waals surface area contributed by atoms with Crippen LogP contribution in [0.15, 0.2) is 54.0 Å². The van der Waals surface area contributed by atoms with E-state index in [2.05, 4.69) is 27.2 Å². The van der Waals surface area contributed by atoms with E-state index in [4.69, 9.17) is 28.3 Å². The van der Waals surface area contributed by atoms with Crippen molar-refractivity contribution in [1.29, 1.82) is 0 Å². The van der Waals surface area contributed by atoms with Crippen LogP contribution in [0.2, 0.25) is 0 Å². The fraction of sp³-hybridized carbons (Fsp3) is 0.310. The summed E-state index contributed by atoms with van der Waals surface area (Å²) in [6, 6.07) is 7.57. The summed E-state index contributed by atoms with van der Waals surface area (Å²) in [6.45, 7) is 5.38. The van der Waals surface area contributed by atoms with E-state index in [0.29, 0.717) is 41.9 Å². The van der Waals surface area contributed by atoms with Gasteiger partial charge in [0, 0.05) is 51.1 Å². The highest BCUT2D eigenvalue weighted by atomic mass is 19.1. The van der Waals surface area contributed by atoms with E-state index in [1.165, 1.54) is 22.9 Å². The number of hydrogen-bond acceptors (Lipinski definition) is 8. The van der Waals surface area contributed by atoms with Crippen LogP contribution in [0.4, 0.5) is 27.4 Å². The van der Waals surface area contributed by atoms with E-state index < -0.39 is 17.0 Å². The quantitative estimate of drug-likeness (QED) is 0.202. The van der Waals surface area contributed by atoms with Gasteiger partial charge in [0.25, 0.3) is 0 Å². The van der Waals surface area contributed by atoms with Crippen molar-refractivity contribution >= 4 is 63.5 Å². The molecule has 2 aromatic heterocycles. The molecule has 0 unspecified atom stereocenters. The normalized spacial score (nSPS) is 12.8. The Morgan fingerprint density at radius 1 is 1.18 bits per heavy atom. The number of rotatable bonds is 11. The number of nitrogens with zero attached hydrogens (tertiary/aromatic N) is 6. The smallest absolute Gasteiger partial charge is 0.334 e. The molecule has 0 bridgehead atoms. The molecule has 15 heteroatoms. The maximum Gasteiger partial charge on any atom is 0.334 e. The van der Waals surface area contributed by atoms with Crippen molar-refractivity contribution < 1.29 is 13.9 Å². The van der Waals surface area contributed by atoms with Gasteiger partial charge in [0.2, 0.25) is 11.9 Å². The van der Waals surface area contributed by atoms with E-state index in [9.17, 15) is 14.0 Å². The summed E-state index contributed by atoms with van der Waals surface area (Å²) in [4.78, 5) is 38.7. The number of aryl methyl sites for hydroxylation is 2. The SMILES string of the molecule is [B]C([B])([B])Oc1cc(N(C)CCN(C)C)c(NC(=O)C=C)cc1Nc1nccc(-n2c(=O)n3c4c(cc(F)cc42)CCC3)n1. The first-order valence-electron chi connectivity index (χ1n) is 13.9. The molecule has 0 saturated heterocycles. The lowest BCUT2D eigenvalue weighted by molar-refractivity contribution is -0.111. The van der Waals surface area contributed by atoms with Crippen LogP contribution in [0.3, 0.4) is 0 Å². The van der Waals surface area contributed by atoms with Crippen molar-refractivity contribution in [2.75, 3.05) is 49.8 Å². The Balaban J connectivity index is 1.59. The Morgan fingerprint density at radius 2 is 1.95 bits per heavy atom. The predicted molar refractivity (Wildman–Crippen MR) is 172 cm³/mol. The topological polar surface area (TPSA) is 110 Å². The first-order valence-corrected chi connectivity index (χ1v) is 13.9. The number of likely N-dealkylation sites (N-methyl/N-ethyl adjacent to an activating group) is 2. The molecule has 2 N–H and O–H groups in total. The maximum absolute atomic E-state index is 14.6. The number of carbonyl (C=O) groups is 1. The van der Waals surface area contributed by atoms with E-state index in [0.717, 1.165) is 24.6 Å². The summed E-state index contributed by atoms with van der Waals surface area (Å²) in [5.74, 6) is -0.439. The number of nitrogens with one attached hydrogen (secondary N) is 2. The number of halogens is 1. The number of hydrogen-bond donors (Lipinski definition) is 2. The van der Waals surface area contributed by atoms with Crippen LogP contribution in [0, 0.1) is 5.82 Å². The van der Waals surface area contributed by atoms with Crippen LogP contribution in [-0.2, 0) is 17.8 Å². The molecule has 0 saturated carbocycles. The van der Waals surface area contributed by atoms with Gasteiger partial charge in [-0.1, -0.05) is 6.58 Å². The zero-order valence-electron chi connectivity index (χ0n) is 24.8. The van der Waals surface area contributed by atoms with Crippen molar-refractivity contribution in [2.45, 2.75) is 24.7 Å². The van der Waals surface area contributed by atoms with Crippen molar-refractivity contribution in [3.8, 4) is 11.6 Å². The number of carbonyl (C=O) groups excluding carboxylic acids is 1. The molecule has 0 aliphatic carbocycles. The van der Waals surface area contributed by atoms with Crippen molar-refractivity contribution in [3.63, 3.8) is 0 Å². The van der Waals surface area contributed by atoms with Gasteiger partial charge in [-0.15, -0.1) is 0 Å². The third-order valence-corrected chi connectivity index (χ3v) is 7.13. The number of amides is 1. The predicted octanol–water partition coefficient (Wildman–Crippen LogP) is 2.03. The lowest BCUT2D eigenvalue weighted by Crippen LogP contribution is -2.38. The summed E-state index contributed by atoms with van der Waals surface area (Å²) < 4.78 is 23.3. The number of imidazole rings is 1. The third kappa shape index (κ3) is 6.52. The zero-order chi connectivity index (χ0) is 31.8. The lowest BCUT2D eigenvalue weighted by atomic mass is 9.52. The van der Waals surface area contributed by atoms with Crippen LogP contribution in [0.25, 0.3) is 16.9 Å². The second-order valence-electron chi connectivity index (χ2n) is 10.9. The second-order valence-corrected chi connectivity index (χ2v) is 10.9. The number of ether oxygens (including phenoxy) is 1. The molecule has 1 aliphatic heterocycles. The summed E-state index contributed by atoms with van der Waals surface area (Å²) in [5, 5.41) is 3.82. The highest BCUT2D eigenvalue weighted by molar-refractivity contribution is 6.58. The van der Waals surface area contributed by atoms with Gasteiger partial charge in [0.1, 0.15) is 40.9 Å². The summed E-state index contributed by atoms with van der Waals surface area (Å²) in [5.41, 5.74) is 2.81. The molecular weight excluding hydrogens is 560 g/mol. The Kier molecular flexibility index (Phi) is 8.60. The Bertz CT molecular complexity index is 1800. The molecule has 4 aromatic rings. The van der Waals surface area contributed by atoms with Crippen molar-refractivity contribution in [3.05, 3.63) is 71.0 Å². The molecule has 1 aliphatic rings. The fourth-order valence-corrected chi connectivity index (χ4v) is 5.15. The van der Waals surface area contributed by atoms with Gasteiger partial charge in [0.05, 0.1) is 28.1 Å². The van der Waals surface area contributed by atoms with Crippen LogP contribution in [0.1, 0.15) is 12.0 Å². The second kappa shape index (κ2) is 12.2. The molecule has 2 aromatic carbocycles. The minimum absolute atomic E-state index is 0.0676. The maximum atomic E-state index is 14.6. The van der Waals surface area contributed by atoms with E-state index in [-0.39, 0.29) is 28.9 Å². The molecule has 6 radical (unpaired) electrons. The molecule has 5 rings (SSSR count). The van der Waals surface area contributed by atoms with Gasteiger partial charge in [-0.3, -0.25) is 9.36 Å². The van der Waals surface area contributed by atoms with Crippen LogP contribution in [0.5, 0.6) is 5.75 Å². The van der Waals surface area contributed by atoms with E-state index in [1.807, 2.05) is 30.9 Å². The lowest BCUT2D eigenvalue weighted by Gasteiger charge is -2.29. The summed E-state index contributed by atoms with van der Waals surface area (Å²) >= 11 is 0. The van der Waals surface area contributed by atoms with E-state index in [1.54, 1.807) is 22.8 Å². The average molecular weight is 590 g/mol. The van der Waals surface area contributed by atoms with Gasteiger partial charge in [-0.2, -0.15) is 4.98 Å². The van der Waals surface area contributed by atoms with Crippen LogP contribution >= 0.6 is 0 Å². The Labute approximate surface area is 258 Å². The van der Waals surface area contributed by atoms with Gasteiger partial charge >= 0.3 is 5.69 Å².